The van der Waals surface area contributed by atoms with Gasteiger partial charge >= 0.3 is 0 Å². The van der Waals surface area contributed by atoms with Gasteiger partial charge in [-0.1, -0.05) is 18.2 Å². The van der Waals surface area contributed by atoms with Crippen LogP contribution in [0.25, 0.3) is 0 Å². The second-order valence-electron chi connectivity index (χ2n) is 4.70. The summed E-state index contributed by atoms with van der Waals surface area (Å²) < 4.78 is 45.8. The Morgan fingerprint density at radius 2 is 1.62 bits per heavy atom. The molecule has 0 bridgehead atoms. The zero-order valence-corrected chi connectivity index (χ0v) is 11.4. The van der Waals surface area contributed by atoms with Crippen LogP contribution in [0.3, 0.4) is 0 Å². The first-order valence-corrected chi connectivity index (χ1v) is 6.45. The van der Waals surface area contributed by atoms with Crippen molar-refractivity contribution in [1.82, 2.24) is 0 Å². The van der Waals surface area contributed by atoms with E-state index in [9.17, 15) is 18.3 Å². The van der Waals surface area contributed by atoms with Crippen molar-refractivity contribution in [1.29, 1.82) is 0 Å². The van der Waals surface area contributed by atoms with Gasteiger partial charge in [0.2, 0.25) is 0 Å². The van der Waals surface area contributed by atoms with Gasteiger partial charge in [0.05, 0.1) is 13.2 Å². The van der Waals surface area contributed by atoms with Gasteiger partial charge in [0.25, 0.3) is 0 Å². The van der Waals surface area contributed by atoms with Crippen molar-refractivity contribution in [2.75, 3.05) is 7.11 Å². The van der Waals surface area contributed by atoms with Gasteiger partial charge in [0, 0.05) is 18.4 Å². The molecule has 0 aliphatic rings. The number of aliphatic hydroxyl groups excluding tert-OH is 1. The zero-order chi connectivity index (χ0) is 15.4. The fourth-order valence-electron chi connectivity index (χ4n) is 2.16. The van der Waals surface area contributed by atoms with Gasteiger partial charge in [-0.05, 0) is 23.8 Å². The van der Waals surface area contributed by atoms with Crippen LogP contribution < -0.4 is 4.74 Å². The van der Waals surface area contributed by atoms with E-state index < -0.39 is 23.6 Å². The van der Waals surface area contributed by atoms with Gasteiger partial charge in [0.1, 0.15) is 11.6 Å². The minimum Gasteiger partial charge on any atom is -0.494 e. The fourth-order valence-corrected chi connectivity index (χ4v) is 2.16. The van der Waals surface area contributed by atoms with Crippen LogP contribution in [0.15, 0.2) is 36.4 Å². The molecular formula is C16H15F3O2. The summed E-state index contributed by atoms with van der Waals surface area (Å²) in [6.07, 6.45) is -1.38. The largest absolute Gasteiger partial charge is 0.494 e. The molecule has 1 N–H and O–H groups in total. The first-order valence-electron chi connectivity index (χ1n) is 6.45. The van der Waals surface area contributed by atoms with Crippen LogP contribution in [-0.4, -0.2) is 18.3 Å². The predicted molar refractivity (Wildman–Crippen MR) is 72.7 cm³/mol. The lowest BCUT2D eigenvalue weighted by Crippen LogP contribution is -2.17. The monoisotopic (exact) mass is 296 g/mol. The number of aliphatic hydroxyl groups is 1. The molecule has 5 heteroatoms. The van der Waals surface area contributed by atoms with Crippen molar-refractivity contribution in [3.8, 4) is 5.75 Å². The van der Waals surface area contributed by atoms with Crippen LogP contribution in [0.2, 0.25) is 0 Å². The minimum atomic E-state index is -1.10. The Morgan fingerprint density at radius 3 is 2.24 bits per heavy atom. The molecule has 1 unspecified atom stereocenters. The van der Waals surface area contributed by atoms with Crippen molar-refractivity contribution in [2.45, 2.75) is 18.9 Å². The van der Waals surface area contributed by atoms with Crippen LogP contribution in [0.1, 0.15) is 11.1 Å². The molecule has 0 amide bonds. The normalized spacial score (nSPS) is 12.2. The summed E-state index contributed by atoms with van der Waals surface area (Å²) in [6, 6.07) is 8.05. The maximum absolute atomic E-state index is 13.9. The Balaban J connectivity index is 2.14. The molecule has 0 spiro atoms. The van der Waals surface area contributed by atoms with Crippen LogP contribution in [0.5, 0.6) is 5.75 Å². The number of ether oxygens (including phenoxy) is 1. The van der Waals surface area contributed by atoms with E-state index in [0.717, 1.165) is 12.1 Å². The lowest BCUT2D eigenvalue weighted by Gasteiger charge is -2.13. The molecule has 2 nitrogen and oxygen atoms in total. The lowest BCUT2D eigenvalue weighted by molar-refractivity contribution is 0.171. The van der Waals surface area contributed by atoms with Gasteiger partial charge < -0.3 is 9.84 Å². The highest BCUT2D eigenvalue weighted by Crippen LogP contribution is 2.22. The predicted octanol–water partition coefficient (Wildman–Crippen LogP) is 3.26. The third-order valence-corrected chi connectivity index (χ3v) is 3.22. The highest BCUT2D eigenvalue weighted by molar-refractivity contribution is 5.31. The summed E-state index contributed by atoms with van der Waals surface area (Å²) >= 11 is 0. The third kappa shape index (κ3) is 3.55. The SMILES string of the molecule is COc1cccc(CC(O)Cc2c(F)cccc2F)c1F. The Kier molecular flexibility index (Phi) is 4.85. The first-order chi connectivity index (χ1) is 10.0. The molecule has 0 heterocycles. The number of benzene rings is 2. The van der Waals surface area contributed by atoms with Crippen molar-refractivity contribution >= 4 is 0 Å². The molecule has 0 aromatic heterocycles. The molecule has 0 saturated carbocycles. The Hall–Kier alpha value is -2.01. The first kappa shape index (κ1) is 15.4. The number of hydrogen-bond acceptors (Lipinski definition) is 2. The van der Waals surface area contributed by atoms with Crippen LogP contribution >= 0.6 is 0 Å². The number of methoxy groups -OCH3 is 1. The summed E-state index contributed by atoms with van der Waals surface area (Å²) in [6.45, 7) is 0. The van der Waals surface area contributed by atoms with Gasteiger partial charge in [-0.2, -0.15) is 0 Å². The Morgan fingerprint density at radius 1 is 1.00 bits per heavy atom. The summed E-state index contributed by atoms with van der Waals surface area (Å²) in [7, 11) is 1.34. The summed E-state index contributed by atoms with van der Waals surface area (Å²) in [4.78, 5) is 0. The molecular weight excluding hydrogens is 281 g/mol. The molecule has 2 rings (SSSR count). The molecule has 2 aromatic rings. The van der Waals surface area contributed by atoms with Crippen molar-refractivity contribution in [3.05, 3.63) is 65.0 Å². The van der Waals surface area contributed by atoms with Crippen molar-refractivity contribution < 1.29 is 23.0 Å². The van der Waals surface area contributed by atoms with Gasteiger partial charge in [-0.3, -0.25) is 0 Å². The van der Waals surface area contributed by atoms with E-state index in [0.29, 0.717) is 0 Å². The smallest absolute Gasteiger partial charge is 0.168 e. The average molecular weight is 296 g/mol. The number of rotatable bonds is 5. The molecule has 112 valence electrons. The van der Waals surface area contributed by atoms with Gasteiger partial charge in [0.15, 0.2) is 11.6 Å². The molecule has 21 heavy (non-hydrogen) atoms. The lowest BCUT2D eigenvalue weighted by atomic mass is 10.00. The Bertz CT molecular complexity index is 609. The average Bonchev–Trinajstić information content (AvgIpc) is 2.45. The van der Waals surface area contributed by atoms with Crippen molar-refractivity contribution in [3.63, 3.8) is 0 Å². The number of halogens is 3. The van der Waals surface area contributed by atoms with E-state index in [1.54, 1.807) is 6.07 Å². The number of hydrogen-bond donors (Lipinski definition) is 1. The summed E-state index contributed by atoms with van der Waals surface area (Å²) in [5.74, 6) is -1.95. The zero-order valence-electron chi connectivity index (χ0n) is 11.4. The highest BCUT2D eigenvalue weighted by atomic mass is 19.1. The van der Waals surface area contributed by atoms with E-state index in [1.807, 2.05) is 0 Å². The second kappa shape index (κ2) is 6.63. The molecule has 0 aliphatic carbocycles. The minimum absolute atomic E-state index is 0.0587. The standard InChI is InChI=1S/C16H15F3O2/c1-21-15-7-2-4-10(16(15)19)8-11(20)9-12-13(17)5-3-6-14(12)18/h2-7,11,20H,8-9H2,1H3. The fraction of sp³-hybridized carbons (Fsp3) is 0.250. The Labute approximate surface area is 120 Å². The second-order valence-corrected chi connectivity index (χ2v) is 4.70. The summed E-state index contributed by atoms with van der Waals surface area (Å²) in [5, 5.41) is 9.95. The molecule has 0 saturated heterocycles. The van der Waals surface area contributed by atoms with E-state index >= 15 is 0 Å². The van der Waals surface area contributed by atoms with Crippen LogP contribution in [-0.2, 0) is 12.8 Å². The van der Waals surface area contributed by atoms with E-state index in [-0.39, 0.29) is 29.7 Å². The van der Waals surface area contributed by atoms with Gasteiger partial charge in [-0.15, -0.1) is 0 Å². The van der Waals surface area contributed by atoms with Crippen molar-refractivity contribution in [2.24, 2.45) is 0 Å². The van der Waals surface area contributed by atoms with E-state index in [2.05, 4.69) is 0 Å². The van der Waals surface area contributed by atoms with Gasteiger partial charge in [-0.25, -0.2) is 13.2 Å². The molecule has 2 aromatic carbocycles. The van der Waals surface area contributed by atoms with Crippen LogP contribution in [0, 0.1) is 17.5 Å². The molecule has 0 aliphatic heterocycles. The molecule has 0 fully saturated rings. The summed E-state index contributed by atoms with van der Waals surface area (Å²) in [5.41, 5.74) is 0.0342. The van der Waals surface area contributed by atoms with E-state index in [4.69, 9.17) is 4.74 Å². The van der Waals surface area contributed by atoms with Crippen LogP contribution in [0.4, 0.5) is 13.2 Å². The topological polar surface area (TPSA) is 29.5 Å². The van der Waals surface area contributed by atoms with E-state index in [1.165, 1.54) is 25.3 Å². The quantitative estimate of drug-likeness (QED) is 0.917. The third-order valence-electron chi connectivity index (χ3n) is 3.22. The maximum atomic E-state index is 13.9. The molecule has 0 radical (unpaired) electrons. The maximum Gasteiger partial charge on any atom is 0.168 e. The highest BCUT2D eigenvalue weighted by Gasteiger charge is 2.17. The molecule has 1 atom stereocenters.